The van der Waals surface area contributed by atoms with Crippen LogP contribution in [0.4, 0.5) is 0 Å². The summed E-state index contributed by atoms with van der Waals surface area (Å²) in [6, 6.07) is 7.36. The number of rotatable bonds is 6. The van der Waals surface area contributed by atoms with Gasteiger partial charge < -0.3 is 9.47 Å². The Morgan fingerprint density at radius 1 is 1.12 bits per heavy atom. The molecule has 0 aromatic heterocycles. The Morgan fingerprint density at radius 2 is 1.65 bits per heavy atom. The van der Waals surface area contributed by atoms with E-state index in [1.165, 1.54) is 0 Å². The van der Waals surface area contributed by atoms with Crippen molar-refractivity contribution in [1.82, 2.24) is 0 Å². The minimum absolute atomic E-state index is 0.0844. The van der Waals surface area contributed by atoms with Crippen LogP contribution in [0.2, 0.25) is 0 Å². The van der Waals surface area contributed by atoms with Crippen LogP contribution in [0.3, 0.4) is 0 Å². The lowest BCUT2D eigenvalue weighted by Crippen LogP contribution is -2.39. The summed E-state index contributed by atoms with van der Waals surface area (Å²) in [5, 5.41) is 1.56. The molecule has 1 aromatic carbocycles. The van der Waals surface area contributed by atoms with E-state index in [4.69, 9.17) is 9.47 Å². The molecule has 1 aliphatic carbocycles. The minimum atomic E-state index is -1.44. The van der Waals surface area contributed by atoms with Gasteiger partial charge in [-0.05, 0) is 50.5 Å². The third kappa shape index (κ3) is 4.12. The van der Waals surface area contributed by atoms with Crippen molar-refractivity contribution in [2.45, 2.75) is 38.5 Å². The molecule has 0 heterocycles. The first-order valence-corrected chi connectivity index (χ1v) is 9.76. The average molecular weight is 376 g/mol. The van der Waals surface area contributed by atoms with Gasteiger partial charge in [-0.1, -0.05) is 24.3 Å². The van der Waals surface area contributed by atoms with Crippen LogP contribution in [-0.2, 0) is 29.9 Å². The first kappa shape index (κ1) is 20.1. The molecule has 2 rings (SSSR count). The summed E-state index contributed by atoms with van der Waals surface area (Å²) in [7, 11) is -1.40. The topological polar surface area (TPSA) is 69.7 Å². The molecule has 0 saturated heterocycles. The van der Waals surface area contributed by atoms with E-state index in [0.29, 0.717) is 16.0 Å². The number of allylic oxidation sites excluding steroid dienone is 2. The molecule has 1 saturated carbocycles. The van der Waals surface area contributed by atoms with E-state index in [9.17, 15) is 13.8 Å². The number of ether oxygens (including phenoxy) is 2. The molecule has 1 atom stereocenters. The second kappa shape index (κ2) is 8.45. The molecule has 1 unspecified atom stereocenters. The van der Waals surface area contributed by atoms with Gasteiger partial charge >= 0.3 is 11.9 Å². The predicted molar refractivity (Wildman–Crippen MR) is 99.7 cm³/mol. The molecule has 0 spiro atoms. The van der Waals surface area contributed by atoms with Crippen molar-refractivity contribution in [1.29, 1.82) is 0 Å². The SMILES string of the molecule is C=C1CC(C(=O)OCC)(C(=O)OCC)C/C1=C/S(=O)c1ccc(C)cc1. The summed E-state index contributed by atoms with van der Waals surface area (Å²) >= 11 is 0. The Kier molecular flexibility index (Phi) is 6.53. The van der Waals surface area contributed by atoms with Crippen LogP contribution < -0.4 is 0 Å². The number of hydrogen-bond donors (Lipinski definition) is 0. The third-order valence-electron chi connectivity index (χ3n) is 4.30. The van der Waals surface area contributed by atoms with Crippen molar-refractivity contribution < 1.29 is 23.3 Å². The van der Waals surface area contributed by atoms with Crippen LogP contribution >= 0.6 is 0 Å². The Hall–Kier alpha value is -2.21. The number of esters is 2. The maximum Gasteiger partial charge on any atom is 0.324 e. The van der Waals surface area contributed by atoms with E-state index in [0.717, 1.165) is 5.56 Å². The van der Waals surface area contributed by atoms with Gasteiger partial charge in [-0.2, -0.15) is 0 Å². The summed E-state index contributed by atoms with van der Waals surface area (Å²) in [5.41, 5.74) is 0.871. The van der Waals surface area contributed by atoms with Crippen LogP contribution in [0.25, 0.3) is 0 Å². The summed E-state index contributed by atoms with van der Waals surface area (Å²) in [5.74, 6) is -1.24. The van der Waals surface area contributed by atoms with Gasteiger partial charge in [0.25, 0.3) is 0 Å². The number of carbonyl (C=O) groups excluding carboxylic acids is 2. The summed E-state index contributed by atoms with van der Waals surface area (Å²) < 4.78 is 22.8. The molecule has 6 heteroatoms. The Bertz CT molecular complexity index is 743. The van der Waals surface area contributed by atoms with Crippen molar-refractivity contribution in [2.24, 2.45) is 5.41 Å². The minimum Gasteiger partial charge on any atom is -0.465 e. The normalized spacial score (nSPS) is 18.6. The highest BCUT2D eigenvalue weighted by atomic mass is 32.2. The lowest BCUT2D eigenvalue weighted by atomic mass is 9.86. The fourth-order valence-electron chi connectivity index (χ4n) is 2.90. The zero-order valence-electron chi connectivity index (χ0n) is 15.4. The van der Waals surface area contributed by atoms with E-state index < -0.39 is 28.2 Å². The maximum absolute atomic E-state index is 12.6. The molecule has 1 fully saturated rings. The largest absolute Gasteiger partial charge is 0.465 e. The molecule has 1 aliphatic rings. The fraction of sp³-hybridized carbons (Fsp3) is 0.400. The van der Waals surface area contributed by atoms with Crippen LogP contribution in [0.15, 0.2) is 52.3 Å². The van der Waals surface area contributed by atoms with Crippen LogP contribution in [0, 0.1) is 12.3 Å². The van der Waals surface area contributed by atoms with Gasteiger partial charge in [0.2, 0.25) is 0 Å². The van der Waals surface area contributed by atoms with Crippen molar-refractivity contribution >= 4 is 22.7 Å². The maximum atomic E-state index is 12.6. The molecule has 1 aromatic rings. The van der Waals surface area contributed by atoms with Gasteiger partial charge in [-0.15, -0.1) is 0 Å². The average Bonchev–Trinajstić information content (AvgIpc) is 2.94. The van der Waals surface area contributed by atoms with Crippen LogP contribution in [0.1, 0.15) is 32.3 Å². The van der Waals surface area contributed by atoms with Gasteiger partial charge in [-0.3, -0.25) is 9.59 Å². The predicted octanol–water partition coefficient (Wildman–Crippen LogP) is 3.45. The molecule has 0 N–H and O–H groups in total. The van der Waals surface area contributed by atoms with E-state index >= 15 is 0 Å². The van der Waals surface area contributed by atoms with Crippen molar-refractivity contribution in [3.8, 4) is 0 Å². The van der Waals surface area contributed by atoms with Crippen LogP contribution in [-0.4, -0.2) is 29.4 Å². The van der Waals surface area contributed by atoms with Crippen molar-refractivity contribution in [3.63, 3.8) is 0 Å². The van der Waals surface area contributed by atoms with E-state index in [2.05, 4.69) is 6.58 Å². The van der Waals surface area contributed by atoms with Crippen molar-refractivity contribution in [2.75, 3.05) is 13.2 Å². The smallest absolute Gasteiger partial charge is 0.324 e. The van der Waals surface area contributed by atoms with Gasteiger partial charge in [0, 0.05) is 16.7 Å². The molecular weight excluding hydrogens is 352 g/mol. The van der Waals surface area contributed by atoms with Crippen molar-refractivity contribution in [3.05, 3.63) is 53.0 Å². The fourth-order valence-corrected chi connectivity index (χ4v) is 3.94. The van der Waals surface area contributed by atoms with Gasteiger partial charge in [-0.25, -0.2) is 4.21 Å². The summed E-state index contributed by atoms with van der Waals surface area (Å²) in [6.45, 7) is 9.62. The zero-order valence-corrected chi connectivity index (χ0v) is 16.2. The number of benzene rings is 1. The van der Waals surface area contributed by atoms with E-state index in [1.807, 2.05) is 19.1 Å². The van der Waals surface area contributed by atoms with Crippen LogP contribution in [0.5, 0.6) is 0 Å². The quantitative estimate of drug-likeness (QED) is 0.562. The summed E-state index contributed by atoms with van der Waals surface area (Å²) in [6.07, 6.45) is 0.197. The number of carbonyl (C=O) groups is 2. The highest BCUT2D eigenvalue weighted by Crippen LogP contribution is 2.46. The molecule has 0 amide bonds. The Morgan fingerprint density at radius 3 is 2.15 bits per heavy atom. The molecule has 0 bridgehead atoms. The van der Waals surface area contributed by atoms with Gasteiger partial charge in [0.1, 0.15) is 0 Å². The molecule has 140 valence electrons. The highest BCUT2D eigenvalue weighted by Gasteiger charge is 2.53. The first-order chi connectivity index (χ1) is 12.3. The second-order valence-corrected chi connectivity index (χ2v) is 7.54. The lowest BCUT2D eigenvalue weighted by Gasteiger charge is -2.23. The molecule has 0 radical (unpaired) electrons. The lowest BCUT2D eigenvalue weighted by molar-refractivity contribution is -0.171. The second-order valence-electron chi connectivity index (χ2n) is 6.23. The molecule has 5 nitrogen and oxygen atoms in total. The first-order valence-electron chi connectivity index (χ1n) is 8.54. The Labute approximate surface area is 156 Å². The third-order valence-corrected chi connectivity index (χ3v) is 5.53. The monoisotopic (exact) mass is 376 g/mol. The standard InChI is InChI=1S/C20H24O5S/c1-5-24-18(21)20(19(22)25-6-2)11-15(4)16(12-20)13-26(23)17-9-7-14(3)8-10-17/h7-10,13H,4-6,11-12H2,1-3H3/b16-13-. The molecule has 26 heavy (non-hydrogen) atoms. The highest BCUT2D eigenvalue weighted by molar-refractivity contribution is 7.88. The van der Waals surface area contributed by atoms with E-state index in [1.54, 1.807) is 31.4 Å². The number of aryl methyl sites for hydroxylation is 1. The number of hydrogen-bond acceptors (Lipinski definition) is 5. The molecule has 0 aliphatic heterocycles. The van der Waals surface area contributed by atoms with Gasteiger partial charge in [0.05, 0.1) is 24.0 Å². The zero-order chi connectivity index (χ0) is 19.3. The van der Waals surface area contributed by atoms with Gasteiger partial charge in [0.15, 0.2) is 5.41 Å². The molecular formula is C20H24O5S. The summed E-state index contributed by atoms with van der Waals surface area (Å²) in [4.78, 5) is 25.7. The Balaban J connectivity index is 2.32. The van der Waals surface area contributed by atoms with E-state index in [-0.39, 0.29) is 26.1 Å².